The molecule has 3 aromatic carbocycles. The summed E-state index contributed by atoms with van der Waals surface area (Å²) in [5.41, 5.74) is 4.16. The van der Waals surface area contributed by atoms with Crippen molar-refractivity contribution in [2.45, 2.75) is 25.0 Å². The number of carbonyl (C=O) groups is 1. The second kappa shape index (κ2) is 12.7. The Bertz CT molecular complexity index is 1430. The molecule has 1 saturated heterocycles. The molecular formula is C32H33N5O3. The van der Waals surface area contributed by atoms with Crippen molar-refractivity contribution < 1.29 is 14.3 Å². The normalized spacial score (nSPS) is 15.5. The van der Waals surface area contributed by atoms with Crippen molar-refractivity contribution in [2.24, 2.45) is 0 Å². The monoisotopic (exact) mass is 535 g/mol. The van der Waals surface area contributed by atoms with Gasteiger partial charge in [-0.1, -0.05) is 72.8 Å². The van der Waals surface area contributed by atoms with E-state index >= 15 is 0 Å². The summed E-state index contributed by atoms with van der Waals surface area (Å²) in [6.45, 7) is 4.86. The van der Waals surface area contributed by atoms with E-state index in [0.717, 1.165) is 13.1 Å². The Balaban J connectivity index is 1.44. The maximum atomic E-state index is 13.1. The molecule has 1 aliphatic heterocycles. The molecule has 8 nitrogen and oxygen atoms in total. The van der Waals surface area contributed by atoms with E-state index in [1.54, 1.807) is 14.0 Å². The fourth-order valence-corrected chi connectivity index (χ4v) is 5.27. The number of aromatic nitrogens is 2. The van der Waals surface area contributed by atoms with Crippen LogP contribution in [0.15, 0.2) is 84.9 Å². The van der Waals surface area contributed by atoms with Gasteiger partial charge in [-0.05, 0) is 30.2 Å². The Morgan fingerprint density at radius 2 is 1.43 bits per heavy atom. The fourth-order valence-electron chi connectivity index (χ4n) is 5.27. The third-order valence-electron chi connectivity index (χ3n) is 7.14. The lowest BCUT2D eigenvalue weighted by atomic mass is 9.96. The van der Waals surface area contributed by atoms with Gasteiger partial charge in [-0.2, -0.15) is 5.26 Å². The average Bonchev–Trinajstić information content (AvgIpc) is 2.99. The number of hydrogen-bond donors (Lipinski definition) is 0. The molecule has 40 heavy (non-hydrogen) atoms. The number of piperazine rings is 1. The molecular weight excluding hydrogens is 502 g/mol. The summed E-state index contributed by atoms with van der Waals surface area (Å²) >= 11 is 0. The van der Waals surface area contributed by atoms with Gasteiger partial charge in [0.2, 0.25) is 0 Å². The first kappa shape index (κ1) is 27.3. The number of nitriles is 1. The second-order valence-electron chi connectivity index (χ2n) is 9.93. The maximum absolute atomic E-state index is 13.1. The molecule has 1 aromatic heterocycles. The SMILES string of the molecule is COC[C@H](C)OC(=O)[C@H](C#N)c1nc2ccccc2nc1N1CCN(C(c2ccccc2)c2ccccc2)CC1. The lowest BCUT2D eigenvalue weighted by Gasteiger charge is -2.40. The number of esters is 1. The van der Waals surface area contributed by atoms with Crippen molar-refractivity contribution in [1.29, 1.82) is 5.26 Å². The van der Waals surface area contributed by atoms with Crippen LogP contribution in [0.3, 0.4) is 0 Å². The summed E-state index contributed by atoms with van der Waals surface area (Å²) in [5, 5.41) is 10.1. The van der Waals surface area contributed by atoms with Gasteiger partial charge in [0.05, 0.1) is 29.8 Å². The van der Waals surface area contributed by atoms with Crippen molar-refractivity contribution in [2.75, 3.05) is 44.8 Å². The van der Waals surface area contributed by atoms with E-state index in [2.05, 4.69) is 64.4 Å². The number of rotatable bonds is 9. The minimum absolute atomic E-state index is 0.121. The number of anilines is 1. The predicted molar refractivity (Wildman–Crippen MR) is 154 cm³/mol. The predicted octanol–water partition coefficient (Wildman–Crippen LogP) is 4.73. The number of carbonyl (C=O) groups excluding carboxylic acids is 1. The lowest BCUT2D eigenvalue weighted by molar-refractivity contribution is -0.150. The van der Waals surface area contributed by atoms with E-state index in [-0.39, 0.29) is 12.6 Å². The van der Waals surface area contributed by atoms with Crippen LogP contribution in [0.2, 0.25) is 0 Å². The first-order valence-corrected chi connectivity index (χ1v) is 13.5. The first-order valence-electron chi connectivity index (χ1n) is 13.5. The molecule has 0 radical (unpaired) electrons. The van der Waals surface area contributed by atoms with Crippen LogP contribution in [0.5, 0.6) is 0 Å². The second-order valence-corrected chi connectivity index (χ2v) is 9.93. The molecule has 0 unspecified atom stereocenters. The Morgan fingerprint density at radius 1 is 0.875 bits per heavy atom. The fraction of sp³-hybridized carbons (Fsp3) is 0.312. The van der Waals surface area contributed by atoms with E-state index in [1.807, 2.05) is 36.4 Å². The standard InChI is InChI=1S/C32H33N5O3/c1-23(22-39-2)40-32(38)26(21-33)29-31(35-28-16-10-9-15-27(28)34-29)37-19-17-36(18-20-37)30(24-11-5-3-6-12-24)25-13-7-4-8-14-25/h3-16,23,26,30H,17-20,22H2,1-2H3/t23-,26+/m0/s1. The van der Waals surface area contributed by atoms with Gasteiger partial charge in [-0.3, -0.25) is 9.69 Å². The summed E-state index contributed by atoms with van der Waals surface area (Å²) in [7, 11) is 1.54. The third-order valence-corrected chi connectivity index (χ3v) is 7.14. The Morgan fingerprint density at radius 3 is 1.98 bits per heavy atom. The molecule has 4 aromatic rings. The van der Waals surface area contributed by atoms with Crippen molar-refractivity contribution in [3.63, 3.8) is 0 Å². The van der Waals surface area contributed by atoms with Crippen LogP contribution < -0.4 is 4.90 Å². The van der Waals surface area contributed by atoms with Crippen LogP contribution in [0, 0.1) is 11.3 Å². The van der Waals surface area contributed by atoms with Crippen molar-refractivity contribution in [3.8, 4) is 6.07 Å². The van der Waals surface area contributed by atoms with Gasteiger partial charge in [0.15, 0.2) is 11.7 Å². The topological polar surface area (TPSA) is 91.6 Å². The van der Waals surface area contributed by atoms with Gasteiger partial charge in [0, 0.05) is 33.3 Å². The van der Waals surface area contributed by atoms with Crippen molar-refractivity contribution in [1.82, 2.24) is 14.9 Å². The van der Waals surface area contributed by atoms with Crippen LogP contribution in [0.4, 0.5) is 5.82 Å². The van der Waals surface area contributed by atoms with Crippen molar-refractivity contribution in [3.05, 3.63) is 102 Å². The smallest absolute Gasteiger partial charge is 0.330 e. The van der Waals surface area contributed by atoms with E-state index < -0.39 is 18.0 Å². The zero-order chi connectivity index (χ0) is 27.9. The molecule has 2 atom stereocenters. The van der Waals surface area contributed by atoms with Crippen LogP contribution in [0.1, 0.15) is 35.7 Å². The zero-order valence-corrected chi connectivity index (χ0v) is 22.8. The number of hydrogen-bond acceptors (Lipinski definition) is 8. The molecule has 0 bridgehead atoms. The van der Waals surface area contributed by atoms with E-state index in [9.17, 15) is 10.1 Å². The number of fused-ring (bicyclic) bond motifs is 1. The largest absolute Gasteiger partial charge is 0.459 e. The number of methoxy groups -OCH3 is 1. The molecule has 1 fully saturated rings. The Hall–Kier alpha value is -4.32. The lowest BCUT2D eigenvalue weighted by Crippen LogP contribution is -2.48. The highest BCUT2D eigenvalue weighted by Crippen LogP contribution is 2.33. The van der Waals surface area contributed by atoms with E-state index in [0.29, 0.717) is 35.6 Å². The van der Waals surface area contributed by atoms with Gasteiger partial charge in [0.25, 0.3) is 0 Å². The molecule has 0 amide bonds. The Kier molecular flexibility index (Phi) is 8.65. The molecule has 5 rings (SSSR count). The molecule has 0 spiro atoms. The summed E-state index contributed by atoms with van der Waals surface area (Å²) in [5.74, 6) is -1.30. The number of para-hydroxylation sites is 2. The van der Waals surface area contributed by atoms with Crippen LogP contribution >= 0.6 is 0 Å². The van der Waals surface area contributed by atoms with Crippen LogP contribution in [-0.4, -0.2) is 66.8 Å². The molecule has 0 saturated carbocycles. The molecule has 1 aliphatic rings. The van der Waals surface area contributed by atoms with Gasteiger partial charge in [-0.15, -0.1) is 0 Å². The van der Waals surface area contributed by atoms with Crippen LogP contribution in [0.25, 0.3) is 11.0 Å². The maximum Gasteiger partial charge on any atom is 0.330 e. The zero-order valence-electron chi connectivity index (χ0n) is 22.8. The van der Waals surface area contributed by atoms with Crippen molar-refractivity contribution >= 4 is 22.8 Å². The first-order chi connectivity index (χ1) is 19.6. The van der Waals surface area contributed by atoms with Gasteiger partial charge in [-0.25, -0.2) is 9.97 Å². The summed E-state index contributed by atoms with van der Waals surface area (Å²) < 4.78 is 10.6. The average molecular weight is 536 g/mol. The summed E-state index contributed by atoms with van der Waals surface area (Å²) in [6, 6.07) is 30.8. The van der Waals surface area contributed by atoms with Gasteiger partial charge >= 0.3 is 5.97 Å². The number of nitrogens with zero attached hydrogens (tertiary/aromatic N) is 5. The Labute approximate surface area is 234 Å². The highest BCUT2D eigenvalue weighted by Gasteiger charge is 2.33. The van der Waals surface area contributed by atoms with E-state index in [1.165, 1.54) is 11.1 Å². The highest BCUT2D eigenvalue weighted by atomic mass is 16.6. The molecule has 204 valence electrons. The third kappa shape index (κ3) is 5.96. The quantitative estimate of drug-likeness (QED) is 0.284. The summed E-state index contributed by atoms with van der Waals surface area (Å²) in [4.78, 5) is 27.4. The molecule has 0 aliphatic carbocycles. The minimum atomic E-state index is -1.20. The summed E-state index contributed by atoms with van der Waals surface area (Å²) in [6.07, 6.45) is -0.485. The van der Waals surface area contributed by atoms with Gasteiger partial charge in [0.1, 0.15) is 11.8 Å². The van der Waals surface area contributed by atoms with E-state index in [4.69, 9.17) is 19.4 Å². The molecule has 8 heteroatoms. The number of ether oxygens (including phenoxy) is 2. The molecule has 0 N–H and O–H groups in total. The minimum Gasteiger partial charge on any atom is -0.459 e. The highest BCUT2D eigenvalue weighted by molar-refractivity contribution is 5.85. The van der Waals surface area contributed by atoms with Crippen LogP contribution in [-0.2, 0) is 14.3 Å². The number of benzene rings is 3. The molecule has 2 heterocycles. The van der Waals surface area contributed by atoms with Gasteiger partial charge < -0.3 is 14.4 Å².